The SMILES string of the molecule is CCCCN(CCC(C)(C)C)c1ncccc1[N+](=O)[O-]. The first-order valence-electron chi connectivity index (χ1n) is 7.19. The highest BCUT2D eigenvalue weighted by Gasteiger charge is 2.21. The molecule has 0 N–H and O–H groups in total. The summed E-state index contributed by atoms with van der Waals surface area (Å²) in [5.41, 5.74) is 0.297. The van der Waals surface area contributed by atoms with Crippen molar-refractivity contribution in [3.63, 3.8) is 0 Å². The number of rotatable bonds is 7. The molecule has 0 fully saturated rings. The van der Waals surface area contributed by atoms with Crippen LogP contribution >= 0.6 is 0 Å². The average molecular weight is 279 g/mol. The predicted octanol–water partition coefficient (Wildman–Crippen LogP) is 4.03. The third-order valence-corrected chi connectivity index (χ3v) is 3.18. The van der Waals surface area contributed by atoms with Crippen LogP contribution in [0.25, 0.3) is 0 Å². The molecule has 0 aromatic carbocycles. The van der Waals surface area contributed by atoms with Crippen LogP contribution in [0.4, 0.5) is 11.5 Å². The lowest BCUT2D eigenvalue weighted by Crippen LogP contribution is -2.29. The number of anilines is 1. The third-order valence-electron chi connectivity index (χ3n) is 3.18. The molecule has 0 amide bonds. The quantitative estimate of drug-likeness (QED) is 0.558. The molecule has 0 aliphatic heterocycles. The summed E-state index contributed by atoms with van der Waals surface area (Å²) in [5, 5.41) is 11.1. The van der Waals surface area contributed by atoms with Crippen LogP contribution in [0.5, 0.6) is 0 Å². The van der Waals surface area contributed by atoms with Crippen molar-refractivity contribution in [3.05, 3.63) is 28.4 Å². The molecule has 1 aromatic heterocycles. The summed E-state index contributed by atoms with van der Waals surface area (Å²) in [7, 11) is 0. The van der Waals surface area contributed by atoms with Crippen molar-refractivity contribution in [2.45, 2.75) is 47.0 Å². The number of hydrogen-bond acceptors (Lipinski definition) is 4. The van der Waals surface area contributed by atoms with Gasteiger partial charge >= 0.3 is 5.69 Å². The molecule has 112 valence electrons. The second kappa shape index (κ2) is 7.22. The highest BCUT2D eigenvalue weighted by atomic mass is 16.6. The molecule has 0 radical (unpaired) electrons. The van der Waals surface area contributed by atoms with Gasteiger partial charge in [0.05, 0.1) is 4.92 Å². The first-order valence-corrected chi connectivity index (χ1v) is 7.19. The molecule has 0 aliphatic rings. The standard InChI is InChI=1S/C15H25N3O2/c1-5-6-11-17(12-9-15(2,3)4)14-13(18(19)20)8-7-10-16-14/h7-8,10H,5-6,9,11-12H2,1-4H3. The van der Waals surface area contributed by atoms with Crippen LogP contribution in [0.1, 0.15) is 47.0 Å². The maximum atomic E-state index is 11.1. The molecule has 0 unspecified atom stereocenters. The molecule has 1 rings (SSSR count). The Labute approximate surface area is 121 Å². The molecular formula is C15H25N3O2. The molecule has 1 heterocycles. The molecule has 0 saturated carbocycles. The second-order valence-electron chi connectivity index (χ2n) is 6.25. The van der Waals surface area contributed by atoms with E-state index >= 15 is 0 Å². The Balaban J connectivity index is 2.95. The van der Waals surface area contributed by atoms with Crippen molar-refractivity contribution in [2.24, 2.45) is 5.41 Å². The van der Waals surface area contributed by atoms with Gasteiger partial charge < -0.3 is 4.90 Å². The van der Waals surface area contributed by atoms with Gasteiger partial charge in [-0.1, -0.05) is 34.1 Å². The monoisotopic (exact) mass is 279 g/mol. The van der Waals surface area contributed by atoms with Crippen molar-refractivity contribution >= 4 is 11.5 Å². The molecule has 0 saturated heterocycles. The summed E-state index contributed by atoms with van der Waals surface area (Å²) in [6.45, 7) is 10.3. The number of hydrogen-bond donors (Lipinski definition) is 0. The Bertz CT molecular complexity index is 441. The largest absolute Gasteiger partial charge is 0.351 e. The van der Waals surface area contributed by atoms with Gasteiger partial charge in [-0.15, -0.1) is 0 Å². The Morgan fingerprint density at radius 3 is 2.60 bits per heavy atom. The highest BCUT2D eigenvalue weighted by Crippen LogP contribution is 2.27. The van der Waals surface area contributed by atoms with Crippen LogP contribution in [0, 0.1) is 15.5 Å². The Morgan fingerprint density at radius 1 is 1.35 bits per heavy atom. The fourth-order valence-corrected chi connectivity index (χ4v) is 1.92. The van der Waals surface area contributed by atoms with Crippen molar-refractivity contribution in [1.29, 1.82) is 0 Å². The van der Waals surface area contributed by atoms with E-state index in [1.807, 2.05) is 4.90 Å². The van der Waals surface area contributed by atoms with Gasteiger partial charge in [0, 0.05) is 25.4 Å². The Kier molecular flexibility index (Phi) is 5.92. The van der Waals surface area contributed by atoms with Gasteiger partial charge in [-0.3, -0.25) is 10.1 Å². The zero-order valence-electron chi connectivity index (χ0n) is 12.9. The van der Waals surface area contributed by atoms with Crippen LogP contribution in [0.15, 0.2) is 18.3 Å². The molecule has 0 aliphatic carbocycles. The minimum absolute atomic E-state index is 0.0949. The molecule has 5 heteroatoms. The van der Waals surface area contributed by atoms with Crippen molar-refractivity contribution in [2.75, 3.05) is 18.0 Å². The van der Waals surface area contributed by atoms with Crippen LogP contribution in [0.2, 0.25) is 0 Å². The molecule has 0 spiro atoms. The van der Waals surface area contributed by atoms with E-state index in [-0.39, 0.29) is 16.0 Å². The van der Waals surface area contributed by atoms with E-state index < -0.39 is 0 Å². The lowest BCUT2D eigenvalue weighted by atomic mass is 9.92. The Hall–Kier alpha value is -1.65. The molecule has 0 atom stereocenters. The Morgan fingerprint density at radius 2 is 2.05 bits per heavy atom. The topological polar surface area (TPSA) is 59.3 Å². The van der Waals surface area contributed by atoms with Gasteiger partial charge in [-0.2, -0.15) is 0 Å². The first kappa shape index (κ1) is 16.4. The van der Waals surface area contributed by atoms with Crippen LogP contribution in [-0.4, -0.2) is 23.0 Å². The minimum Gasteiger partial charge on any atom is -0.351 e. The van der Waals surface area contributed by atoms with Crippen LogP contribution < -0.4 is 4.90 Å². The number of nitro groups is 1. The zero-order valence-corrected chi connectivity index (χ0v) is 12.9. The molecule has 1 aromatic rings. The number of pyridine rings is 1. The minimum atomic E-state index is -0.349. The normalized spacial score (nSPS) is 11.4. The summed E-state index contributed by atoms with van der Waals surface area (Å²) >= 11 is 0. The van der Waals surface area contributed by atoms with E-state index in [4.69, 9.17) is 0 Å². The van der Waals surface area contributed by atoms with E-state index in [9.17, 15) is 10.1 Å². The number of unbranched alkanes of at least 4 members (excludes halogenated alkanes) is 1. The zero-order chi connectivity index (χ0) is 15.2. The molecule has 0 bridgehead atoms. The first-order chi connectivity index (χ1) is 9.35. The smallest absolute Gasteiger partial charge is 0.311 e. The van der Waals surface area contributed by atoms with Crippen molar-refractivity contribution in [1.82, 2.24) is 4.98 Å². The van der Waals surface area contributed by atoms with E-state index in [1.54, 1.807) is 12.3 Å². The molecule has 5 nitrogen and oxygen atoms in total. The summed E-state index contributed by atoms with van der Waals surface area (Å²) in [6, 6.07) is 3.14. The maximum absolute atomic E-state index is 11.1. The highest BCUT2D eigenvalue weighted by molar-refractivity contribution is 5.57. The van der Waals surface area contributed by atoms with Crippen LogP contribution in [0.3, 0.4) is 0 Å². The summed E-state index contributed by atoms with van der Waals surface area (Å²) in [4.78, 5) is 17.1. The van der Waals surface area contributed by atoms with Gasteiger partial charge in [-0.25, -0.2) is 4.98 Å². The van der Waals surface area contributed by atoms with E-state index in [1.165, 1.54) is 6.07 Å². The van der Waals surface area contributed by atoms with E-state index in [0.717, 1.165) is 32.4 Å². The predicted molar refractivity (Wildman–Crippen MR) is 82.1 cm³/mol. The van der Waals surface area contributed by atoms with Gasteiger partial charge in [-0.05, 0) is 24.3 Å². The van der Waals surface area contributed by atoms with Gasteiger partial charge in [0.25, 0.3) is 0 Å². The summed E-state index contributed by atoms with van der Waals surface area (Å²) < 4.78 is 0. The fraction of sp³-hybridized carbons (Fsp3) is 0.667. The number of nitrogens with zero attached hydrogens (tertiary/aromatic N) is 3. The average Bonchev–Trinajstić information content (AvgIpc) is 2.37. The lowest BCUT2D eigenvalue weighted by Gasteiger charge is -2.27. The second-order valence-corrected chi connectivity index (χ2v) is 6.25. The fourth-order valence-electron chi connectivity index (χ4n) is 1.92. The molecule has 20 heavy (non-hydrogen) atoms. The summed E-state index contributed by atoms with van der Waals surface area (Å²) in [5.74, 6) is 0.496. The number of aromatic nitrogens is 1. The van der Waals surface area contributed by atoms with Crippen molar-refractivity contribution < 1.29 is 4.92 Å². The van der Waals surface area contributed by atoms with Crippen molar-refractivity contribution in [3.8, 4) is 0 Å². The van der Waals surface area contributed by atoms with Gasteiger partial charge in [0.1, 0.15) is 0 Å². The summed E-state index contributed by atoms with van der Waals surface area (Å²) in [6.07, 6.45) is 4.67. The van der Waals surface area contributed by atoms with E-state index in [0.29, 0.717) is 5.82 Å². The van der Waals surface area contributed by atoms with Gasteiger partial charge in [0.2, 0.25) is 5.82 Å². The third kappa shape index (κ3) is 5.15. The maximum Gasteiger partial charge on any atom is 0.311 e. The van der Waals surface area contributed by atoms with Gasteiger partial charge in [0.15, 0.2) is 0 Å². The van der Waals surface area contributed by atoms with E-state index in [2.05, 4.69) is 32.7 Å². The van der Waals surface area contributed by atoms with Crippen LogP contribution in [-0.2, 0) is 0 Å². The molecular weight excluding hydrogens is 254 g/mol. The lowest BCUT2D eigenvalue weighted by molar-refractivity contribution is -0.384.